The molecule has 0 rings (SSSR count). The van der Waals surface area contributed by atoms with Crippen molar-refractivity contribution in [3.8, 4) is 0 Å². The van der Waals surface area contributed by atoms with Crippen molar-refractivity contribution in [3.63, 3.8) is 0 Å². The Morgan fingerprint density at radius 3 is 0.556 bits per heavy atom. The van der Waals surface area contributed by atoms with Crippen molar-refractivity contribution < 1.29 is 0.772 Å². The minimum atomic E-state index is -3.34. The molecule has 54 valence electrons. The summed E-state index contributed by atoms with van der Waals surface area (Å²) in [5.74, 6) is 0. The Kier molecular flexibility index (Phi) is 13.9. The quantitative estimate of drug-likeness (QED) is 0.332. The van der Waals surface area contributed by atoms with Gasteiger partial charge in [-0.1, -0.05) is 0 Å². The number of rotatable bonds is 0. The molecule has 0 aromatic rings. The molecule has 0 amide bonds. The monoisotopic (exact) mass is 745 g/mol. The molecule has 9 heavy (non-hydrogen) atoms. The first-order chi connectivity index (χ1) is 2.45. The third-order valence-electron chi connectivity index (χ3n) is 0. The molecule has 0 spiro atoms. The van der Waals surface area contributed by atoms with Gasteiger partial charge in [-0.25, -0.2) is 0 Å². The Hall–Kier alpha value is 6.79. The van der Waals surface area contributed by atoms with Gasteiger partial charge in [-0.05, 0) is 0 Å². The molecule has 0 atom stereocenters. The molecular formula is H2Br6K2Os. The van der Waals surface area contributed by atoms with Crippen molar-refractivity contribution in [2.75, 3.05) is 0 Å². The zero-order valence-electron chi connectivity index (χ0n) is 2.62. The van der Waals surface area contributed by atoms with Crippen LogP contribution in [0, 0.1) is 0 Å². The second-order valence-corrected chi connectivity index (χ2v) is 167. The molecule has 0 N–H and O–H groups in total. The molecule has 0 aliphatic rings. The van der Waals surface area contributed by atoms with E-state index in [0.717, 1.165) is 0 Å². The molecule has 0 aromatic heterocycles. The van der Waals surface area contributed by atoms with E-state index in [0.29, 0.717) is 0 Å². The summed E-state index contributed by atoms with van der Waals surface area (Å²) in [4.78, 5) is 0. The normalized spacial score (nSPS) is 18.0. The average Bonchev–Trinajstić information content (AvgIpc) is 0.592. The summed E-state index contributed by atoms with van der Waals surface area (Å²) in [5, 5.41) is 0. The van der Waals surface area contributed by atoms with Crippen LogP contribution in [0.3, 0.4) is 0 Å². The van der Waals surface area contributed by atoms with Crippen molar-refractivity contribution in [2.45, 2.75) is 0 Å². The van der Waals surface area contributed by atoms with Gasteiger partial charge in [-0.2, -0.15) is 0 Å². The van der Waals surface area contributed by atoms with Crippen LogP contribution in [-0.2, 0) is 0.772 Å². The summed E-state index contributed by atoms with van der Waals surface area (Å²) in [6, 6.07) is 0. The molecular weight excluding hydrogens is 748 g/mol. The molecule has 0 fully saturated rings. The van der Waals surface area contributed by atoms with Gasteiger partial charge in [0.15, 0.2) is 0 Å². The summed E-state index contributed by atoms with van der Waals surface area (Å²) in [7, 11) is 0. The number of halogens is 6. The van der Waals surface area contributed by atoms with Gasteiger partial charge in [0.05, 0.1) is 0 Å². The van der Waals surface area contributed by atoms with E-state index < -0.39 is 0.772 Å². The van der Waals surface area contributed by atoms with Crippen LogP contribution in [0.25, 0.3) is 0 Å². The van der Waals surface area contributed by atoms with Gasteiger partial charge < -0.3 is 0 Å². The van der Waals surface area contributed by atoms with E-state index in [4.69, 9.17) is 0 Å². The minimum absolute atomic E-state index is 0. The fraction of sp³-hybridized carbons (Fsp3) is 0. The molecule has 0 aromatic carbocycles. The van der Waals surface area contributed by atoms with Crippen LogP contribution in [0.1, 0.15) is 0 Å². The predicted octanol–water partition coefficient (Wildman–Crippen LogP) is 3.77. The molecule has 0 radical (unpaired) electrons. The first-order valence-corrected chi connectivity index (χ1v) is 34.1. The number of hydrogen-bond acceptors (Lipinski definition) is 0. The topological polar surface area (TPSA) is 0 Å². The van der Waals surface area contributed by atoms with Gasteiger partial charge in [-0.3, -0.25) is 0 Å². The molecule has 0 unspecified atom stereocenters. The summed E-state index contributed by atoms with van der Waals surface area (Å²) in [6.07, 6.45) is 0. The summed E-state index contributed by atoms with van der Waals surface area (Å²) in [5.41, 5.74) is 0. The molecule has 0 saturated carbocycles. The van der Waals surface area contributed by atoms with E-state index in [9.17, 15) is 0 Å². The van der Waals surface area contributed by atoms with E-state index in [2.05, 4.69) is 81.4 Å². The molecule has 0 saturated heterocycles. The van der Waals surface area contributed by atoms with Crippen molar-refractivity contribution in [1.82, 2.24) is 0 Å². The average molecular weight is 750 g/mol. The van der Waals surface area contributed by atoms with Crippen LogP contribution in [0.15, 0.2) is 0 Å². The fourth-order valence-electron chi connectivity index (χ4n) is 0. The van der Waals surface area contributed by atoms with Gasteiger partial charge in [-0.15, -0.1) is 0 Å². The molecule has 0 heterocycles. The Balaban J connectivity index is -0.000000180. The Morgan fingerprint density at radius 1 is 0.556 bits per heavy atom. The zero-order chi connectivity index (χ0) is 6.41. The van der Waals surface area contributed by atoms with E-state index in [1.54, 1.807) is 0 Å². The summed E-state index contributed by atoms with van der Waals surface area (Å²) in [6.45, 7) is 0. The molecule has 0 nitrogen and oxygen atoms in total. The zero-order valence-corrected chi connectivity index (χ0v) is 14.7. The first kappa shape index (κ1) is 21.1. The molecule has 0 bridgehead atoms. The molecule has 0 aliphatic carbocycles. The SMILES string of the molecule is [Br][Os]([Br])([Br])([Br])([Br])[Br].[KH].[KH]. The van der Waals surface area contributed by atoms with Crippen LogP contribution >= 0.6 is 81.4 Å². The van der Waals surface area contributed by atoms with E-state index in [1.165, 1.54) is 0 Å². The van der Waals surface area contributed by atoms with E-state index >= 15 is 0 Å². The van der Waals surface area contributed by atoms with Gasteiger partial charge in [0.1, 0.15) is 0 Å². The van der Waals surface area contributed by atoms with Crippen molar-refractivity contribution in [3.05, 3.63) is 0 Å². The third kappa shape index (κ3) is 52.5. The third-order valence-corrected chi connectivity index (χ3v) is 0. The van der Waals surface area contributed by atoms with Crippen LogP contribution in [-0.4, -0.2) is 103 Å². The maximum atomic E-state index is 3.36. The molecule has 9 heteroatoms. The van der Waals surface area contributed by atoms with Crippen LogP contribution < -0.4 is 0 Å². The maximum absolute atomic E-state index is 3.36. The van der Waals surface area contributed by atoms with Gasteiger partial charge in [0.2, 0.25) is 0 Å². The Labute approximate surface area is 178 Å². The van der Waals surface area contributed by atoms with E-state index in [-0.39, 0.29) is 103 Å². The molecule has 0 aliphatic heterocycles. The van der Waals surface area contributed by atoms with E-state index in [1.807, 2.05) is 0 Å². The van der Waals surface area contributed by atoms with Crippen molar-refractivity contribution in [2.24, 2.45) is 0 Å². The van der Waals surface area contributed by atoms with Crippen LogP contribution in [0.2, 0.25) is 0 Å². The number of hydrogen-bond donors (Lipinski definition) is 0. The first-order valence-electron chi connectivity index (χ1n) is 0.802. The second kappa shape index (κ2) is 5.92. The summed E-state index contributed by atoms with van der Waals surface area (Å²) < 4.78 is -3.34. The van der Waals surface area contributed by atoms with Crippen LogP contribution in [0.4, 0.5) is 0 Å². The summed E-state index contributed by atoms with van der Waals surface area (Å²) >= 11 is 20.2. The standard InChI is InChI=1S/6BrH.2K.Os.2H/h6*1H;;;;;/q;;;;;;;;+6;;/p-6. The van der Waals surface area contributed by atoms with Gasteiger partial charge in [0, 0.05) is 0 Å². The Bertz CT molecular complexity index is 69.6. The Morgan fingerprint density at radius 2 is 0.556 bits per heavy atom. The van der Waals surface area contributed by atoms with Crippen molar-refractivity contribution in [1.29, 1.82) is 0 Å². The van der Waals surface area contributed by atoms with Gasteiger partial charge >= 0.3 is 185 Å². The second-order valence-electron chi connectivity index (χ2n) is 0.758. The van der Waals surface area contributed by atoms with Crippen LogP contribution in [0.5, 0.6) is 0 Å². The van der Waals surface area contributed by atoms with Gasteiger partial charge in [0.25, 0.3) is 0 Å². The fourth-order valence-corrected chi connectivity index (χ4v) is 0. The van der Waals surface area contributed by atoms with Crippen molar-refractivity contribution >= 4 is 184 Å². The predicted molar refractivity (Wildman–Crippen MR) is 67.9 cm³/mol.